The monoisotopic (exact) mass is 706 g/mol. The van der Waals surface area contributed by atoms with Crippen LogP contribution in [0.15, 0.2) is 48.5 Å². The van der Waals surface area contributed by atoms with E-state index in [0.29, 0.717) is 17.5 Å². The molecule has 2 rings (SSSR count). The van der Waals surface area contributed by atoms with Gasteiger partial charge in [0.25, 0.3) is 0 Å². The molecule has 0 saturated carbocycles. The quantitative estimate of drug-likeness (QED) is 0.0449. The Hall–Kier alpha value is -1.63. The first-order valence-corrected chi connectivity index (χ1v) is 22.4. The lowest BCUT2D eigenvalue weighted by Gasteiger charge is -2.36. The maximum Gasteiger partial charge on any atom is 0.416 e. The van der Waals surface area contributed by atoms with Crippen molar-refractivity contribution in [3.05, 3.63) is 70.8 Å². The first kappa shape index (κ1) is 43.4. The summed E-state index contributed by atoms with van der Waals surface area (Å²) in [6.45, 7) is 13.4. The number of benzene rings is 2. The molecule has 0 radical (unpaired) electrons. The Morgan fingerprint density at radius 3 is 1.45 bits per heavy atom. The minimum Gasteiger partial charge on any atom is -0.286 e. The Morgan fingerprint density at radius 2 is 1.06 bits per heavy atom. The van der Waals surface area contributed by atoms with E-state index < -0.39 is 40.6 Å². The van der Waals surface area contributed by atoms with Crippen molar-refractivity contribution in [2.75, 3.05) is 7.11 Å². The lowest BCUT2D eigenvalue weighted by atomic mass is 10.0. The van der Waals surface area contributed by atoms with E-state index in [2.05, 4.69) is 41.5 Å². The van der Waals surface area contributed by atoms with Crippen molar-refractivity contribution in [1.82, 2.24) is 0 Å². The molecule has 0 saturated heterocycles. The fraction of sp³-hybridized carbons (Fsp3) is 0.676. The average Bonchev–Trinajstić information content (AvgIpc) is 3.01. The topological polar surface area (TPSA) is 18.5 Å². The Balaban J connectivity index is 0.000000481. The van der Waals surface area contributed by atoms with Crippen molar-refractivity contribution in [2.24, 2.45) is 0 Å². The van der Waals surface area contributed by atoms with E-state index in [1.165, 1.54) is 55.2 Å². The van der Waals surface area contributed by atoms with Crippen LogP contribution in [-0.4, -0.2) is 24.2 Å². The minimum atomic E-state index is -4.26. The minimum absolute atomic E-state index is 0.454. The average molecular weight is 707 g/mol. The van der Waals surface area contributed by atoms with Gasteiger partial charge in [-0.05, 0) is 66.1 Å². The molecule has 2 aromatic carbocycles. The van der Waals surface area contributed by atoms with Crippen molar-refractivity contribution in [3.63, 3.8) is 0 Å². The van der Waals surface area contributed by atoms with Gasteiger partial charge < -0.3 is 0 Å². The molecule has 0 atom stereocenters. The number of halogens is 6. The highest BCUT2D eigenvalue weighted by Gasteiger charge is 2.43. The van der Waals surface area contributed by atoms with Crippen LogP contribution < -0.4 is 0 Å². The summed E-state index contributed by atoms with van der Waals surface area (Å²) in [5.41, 5.74) is 1.44. The fourth-order valence-electron chi connectivity index (χ4n) is 6.34. The van der Waals surface area contributed by atoms with Crippen molar-refractivity contribution >= 4 is 17.1 Å². The summed E-state index contributed by atoms with van der Waals surface area (Å²) < 4.78 is 81.8. The van der Waals surface area contributed by atoms with Crippen LogP contribution in [0.3, 0.4) is 0 Å². The van der Waals surface area contributed by atoms with Crippen LogP contribution in [0.4, 0.5) is 26.3 Å². The van der Waals surface area contributed by atoms with Gasteiger partial charge in [-0.15, -0.1) is 0 Å². The molecule has 0 fully saturated rings. The first-order chi connectivity index (χ1) is 22.1. The van der Waals surface area contributed by atoms with E-state index in [1.807, 2.05) is 0 Å². The van der Waals surface area contributed by atoms with E-state index in [9.17, 15) is 26.3 Å². The lowest BCUT2D eigenvalue weighted by Crippen LogP contribution is -2.44. The fourth-order valence-corrected chi connectivity index (χ4v) is 12.7. The third-order valence-electron chi connectivity index (χ3n) is 9.47. The second-order valence-corrected chi connectivity index (χ2v) is 22.3. The summed E-state index contributed by atoms with van der Waals surface area (Å²) in [5.74, 6) is 0. The SMILES string of the molecule is CC[SiH](CC)CCCCCCc1cccc(C(F)(F)F)c1.COO[Si](CCCCCCc1cccc(C(F)(F)F)c1)(C(C)C)C(C)C. The lowest BCUT2D eigenvalue weighted by molar-refractivity contribution is -0.194. The molecule has 0 spiro atoms. The number of unbranched alkanes of at least 4 members (excludes halogenated alkanes) is 6. The molecule has 0 aromatic heterocycles. The van der Waals surface area contributed by atoms with Crippen LogP contribution >= 0.6 is 0 Å². The Labute approximate surface area is 283 Å². The predicted molar refractivity (Wildman–Crippen MR) is 189 cm³/mol. The third-order valence-corrected chi connectivity index (χ3v) is 18.5. The summed E-state index contributed by atoms with van der Waals surface area (Å²) in [4.78, 5) is 5.07. The van der Waals surface area contributed by atoms with Gasteiger partial charge in [0.15, 0.2) is 0 Å². The van der Waals surface area contributed by atoms with Gasteiger partial charge in [0.2, 0.25) is 8.32 Å². The Kier molecular flexibility index (Phi) is 20.5. The van der Waals surface area contributed by atoms with Crippen LogP contribution in [0.5, 0.6) is 0 Å². The molecule has 0 bridgehead atoms. The summed E-state index contributed by atoms with van der Waals surface area (Å²) >= 11 is 0. The van der Waals surface area contributed by atoms with Crippen molar-refractivity contribution in [3.8, 4) is 0 Å². The van der Waals surface area contributed by atoms with E-state index in [-0.39, 0.29) is 0 Å². The zero-order valence-electron chi connectivity index (χ0n) is 29.8. The molecule has 270 valence electrons. The smallest absolute Gasteiger partial charge is 0.286 e. The normalized spacial score (nSPS) is 12.6. The second-order valence-electron chi connectivity index (χ2n) is 13.5. The maximum atomic E-state index is 12.7. The highest BCUT2D eigenvalue weighted by molar-refractivity contribution is 6.76. The van der Waals surface area contributed by atoms with Gasteiger partial charge in [0, 0.05) is 8.80 Å². The molecule has 0 aliphatic heterocycles. The Morgan fingerprint density at radius 1 is 0.638 bits per heavy atom. The zero-order chi connectivity index (χ0) is 35.5. The number of hydrogen-bond acceptors (Lipinski definition) is 2. The maximum absolute atomic E-state index is 12.7. The summed E-state index contributed by atoms with van der Waals surface area (Å²) in [5, 5.41) is 0. The first-order valence-electron chi connectivity index (χ1n) is 17.6. The van der Waals surface area contributed by atoms with Crippen molar-refractivity contribution < 1.29 is 35.8 Å². The number of alkyl halides is 6. The second kappa shape index (κ2) is 22.2. The molecule has 2 aromatic rings. The third kappa shape index (κ3) is 16.6. The number of aryl methyl sites for hydroxylation is 2. The van der Waals surface area contributed by atoms with Crippen LogP contribution in [0.1, 0.15) is 115 Å². The van der Waals surface area contributed by atoms with E-state index in [1.54, 1.807) is 19.2 Å². The van der Waals surface area contributed by atoms with E-state index in [4.69, 9.17) is 9.46 Å². The molecule has 0 N–H and O–H groups in total. The zero-order valence-corrected chi connectivity index (χ0v) is 32.0. The molecular formula is C37H60F6O2Si2. The molecule has 0 aliphatic rings. The molecule has 0 amide bonds. The van der Waals surface area contributed by atoms with Gasteiger partial charge in [0.1, 0.15) is 0 Å². The largest absolute Gasteiger partial charge is 0.416 e. The van der Waals surface area contributed by atoms with Gasteiger partial charge in [-0.25, -0.2) is 0 Å². The molecule has 0 aliphatic carbocycles. The van der Waals surface area contributed by atoms with Gasteiger partial charge in [-0.1, -0.05) is 135 Å². The predicted octanol–water partition coefficient (Wildman–Crippen LogP) is 13.2. The Bertz CT molecular complexity index is 1090. The van der Waals surface area contributed by atoms with Gasteiger partial charge in [0.05, 0.1) is 18.2 Å². The van der Waals surface area contributed by atoms with Gasteiger partial charge in [-0.2, -0.15) is 26.3 Å². The van der Waals surface area contributed by atoms with Gasteiger partial charge in [-0.3, -0.25) is 9.46 Å². The van der Waals surface area contributed by atoms with Crippen LogP contribution in [0.2, 0.25) is 35.3 Å². The summed E-state index contributed by atoms with van der Waals surface area (Å²) in [7, 11) is -0.819. The molecule has 47 heavy (non-hydrogen) atoms. The van der Waals surface area contributed by atoms with E-state index in [0.717, 1.165) is 74.2 Å². The standard InChI is InChI=1S/C20H33F3O2Si.C17H27F3Si/c1-16(2)26(17(3)4,25-24-5)14-9-7-6-8-11-18-12-10-13-19(15-18)20(21,22)23;1-3-21(4-2)13-8-6-5-7-10-15-11-9-12-16(14-15)17(18,19)20/h10,12-13,15-17H,6-9,11,14H2,1-5H3;9,11-12,14,21H,3-8,10,13H2,1-2H3. The van der Waals surface area contributed by atoms with Crippen LogP contribution in [0, 0.1) is 0 Å². The summed E-state index contributed by atoms with van der Waals surface area (Å²) in [6, 6.07) is 16.7. The molecular weight excluding hydrogens is 647 g/mol. The number of rotatable bonds is 20. The molecule has 0 unspecified atom stereocenters. The molecule has 2 nitrogen and oxygen atoms in total. The van der Waals surface area contributed by atoms with Gasteiger partial charge >= 0.3 is 12.4 Å². The van der Waals surface area contributed by atoms with Crippen LogP contribution in [-0.2, 0) is 34.7 Å². The molecule has 10 heteroatoms. The highest BCUT2D eigenvalue weighted by atomic mass is 28.4. The van der Waals surface area contributed by atoms with Crippen molar-refractivity contribution in [2.45, 2.75) is 153 Å². The highest BCUT2D eigenvalue weighted by Crippen LogP contribution is 2.38. The van der Waals surface area contributed by atoms with Crippen LogP contribution in [0.25, 0.3) is 0 Å². The van der Waals surface area contributed by atoms with E-state index >= 15 is 0 Å². The van der Waals surface area contributed by atoms with Crippen molar-refractivity contribution in [1.29, 1.82) is 0 Å². The number of hydrogen-bond donors (Lipinski definition) is 0. The summed E-state index contributed by atoms with van der Waals surface area (Å²) in [6.07, 6.45) is 1.68. The molecule has 0 heterocycles.